The Hall–Kier alpha value is -1.39. The van der Waals surface area contributed by atoms with Crippen LogP contribution in [-0.2, 0) is 4.79 Å². The van der Waals surface area contributed by atoms with Crippen LogP contribution in [0.2, 0.25) is 0 Å². The highest BCUT2D eigenvalue weighted by molar-refractivity contribution is 7.80. The molecule has 2 aliphatic rings. The number of carbonyl (C=O) groups is 1. The van der Waals surface area contributed by atoms with Crippen molar-refractivity contribution < 1.29 is 4.79 Å². The highest BCUT2D eigenvalue weighted by Gasteiger charge is 2.56. The van der Waals surface area contributed by atoms with Crippen molar-refractivity contribution in [3.05, 3.63) is 0 Å². The number of amides is 1. The second kappa shape index (κ2) is 7.02. The van der Waals surface area contributed by atoms with E-state index in [9.17, 15) is 10.1 Å². The monoisotopic (exact) mass is 337 g/mol. The van der Waals surface area contributed by atoms with Gasteiger partial charge in [-0.2, -0.15) is 5.26 Å². The van der Waals surface area contributed by atoms with Crippen LogP contribution in [-0.4, -0.2) is 51.7 Å². The van der Waals surface area contributed by atoms with Crippen molar-refractivity contribution in [1.82, 2.24) is 20.4 Å². The first kappa shape index (κ1) is 18.0. The Labute approximate surface area is 144 Å². The van der Waals surface area contributed by atoms with E-state index in [1.165, 1.54) is 12.8 Å². The number of rotatable bonds is 6. The molecule has 0 spiro atoms. The van der Waals surface area contributed by atoms with Crippen molar-refractivity contribution in [2.75, 3.05) is 19.6 Å². The molecule has 7 heteroatoms. The van der Waals surface area contributed by atoms with Crippen LogP contribution in [0.1, 0.15) is 52.9 Å². The lowest BCUT2D eigenvalue weighted by Crippen LogP contribution is -2.72. The molecule has 128 valence electrons. The summed E-state index contributed by atoms with van der Waals surface area (Å²) in [6, 6.07) is 0. The number of nitriles is 1. The van der Waals surface area contributed by atoms with Gasteiger partial charge in [0.2, 0.25) is 0 Å². The lowest BCUT2D eigenvalue weighted by molar-refractivity contribution is -0.130. The number of piperazine rings is 1. The number of nitrogens with one attached hydrogen (secondary N) is 2. The zero-order valence-corrected chi connectivity index (χ0v) is 15.1. The molecule has 2 rings (SSSR count). The highest BCUT2D eigenvalue weighted by Crippen LogP contribution is 2.37. The van der Waals surface area contributed by atoms with E-state index in [1.807, 2.05) is 23.6 Å². The fraction of sp³-hybridized carbons (Fsp3) is 0.812. The third-order valence-corrected chi connectivity index (χ3v) is 5.21. The first-order valence-electron chi connectivity index (χ1n) is 8.44. The molecule has 0 radical (unpaired) electrons. The fourth-order valence-electron chi connectivity index (χ4n) is 3.67. The zero-order valence-electron chi connectivity index (χ0n) is 14.3. The van der Waals surface area contributed by atoms with Gasteiger partial charge in [-0.3, -0.25) is 9.69 Å². The van der Waals surface area contributed by atoms with Gasteiger partial charge in [0.05, 0.1) is 0 Å². The van der Waals surface area contributed by atoms with Crippen molar-refractivity contribution in [3.8, 4) is 6.19 Å². The molecular weight excluding hydrogens is 310 g/mol. The predicted molar refractivity (Wildman–Crippen MR) is 93.3 cm³/mol. The largest absolute Gasteiger partial charge is 0.311 e. The lowest BCUT2D eigenvalue weighted by Gasteiger charge is -2.53. The molecule has 6 nitrogen and oxygen atoms in total. The first-order valence-corrected chi connectivity index (χ1v) is 8.85. The Morgan fingerprint density at radius 1 is 1.35 bits per heavy atom. The molecule has 2 saturated heterocycles. The first-order chi connectivity index (χ1) is 10.9. The molecule has 0 bridgehead atoms. The van der Waals surface area contributed by atoms with Gasteiger partial charge < -0.3 is 15.5 Å². The summed E-state index contributed by atoms with van der Waals surface area (Å²) in [5.41, 5.74) is -1.32. The summed E-state index contributed by atoms with van der Waals surface area (Å²) in [6.45, 7) is 7.96. The van der Waals surface area contributed by atoms with E-state index in [2.05, 4.69) is 23.8 Å². The molecule has 2 heterocycles. The smallest absolute Gasteiger partial charge is 0.251 e. The second-order valence-corrected chi connectivity index (χ2v) is 7.26. The molecule has 0 aromatic heterocycles. The molecule has 2 N–H and O–H groups in total. The normalized spacial score (nSPS) is 27.0. The molecule has 1 amide bonds. The summed E-state index contributed by atoms with van der Waals surface area (Å²) in [5.74, 6) is -0.0982. The Balaban J connectivity index is 2.34. The molecule has 1 unspecified atom stereocenters. The maximum atomic E-state index is 12.3. The molecule has 0 aliphatic carbocycles. The third kappa shape index (κ3) is 3.15. The number of unbranched alkanes of at least 4 members (excludes halogenated alkanes) is 3. The van der Waals surface area contributed by atoms with Gasteiger partial charge in [-0.1, -0.05) is 26.2 Å². The Bertz CT molecular complexity index is 515. The van der Waals surface area contributed by atoms with Crippen LogP contribution in [0.15, 0.2) is 0 Å². The lowest BCUT2D eigenvalue weighted by atomic mass is 9.90. The van der Waals surface area contributed by atoms with Crippen LogP contribution in [0.4, 0.5) is 0 Å². The molecule has 0 aromatic carbocycles. The van der Waals surface area contributed by atoms with E-state index >= 15 is 0 Å². The van der Waals surface area contributed by atoms with E-state index in [0.717, 1.165) is 25.8 Å². The van der Waals surface area contributed by atoms with Crippen molar-refractivity contribution in [1.29, 1.82) is 5.26 Å². The minimum absolute atomic E-state index is 0.0982. The highest BCUT2D eigenvalue weighted by atomic mass is 32.1. The van der Waals surface area contributed by atoms with Crippen molar-refractivity contribution >= 4 is 23.2 Å². The van der Waals surface area contributed by atoms with Gasteiger partial charge in [-0.15, -0.1) is 0 Å². The number of thiocarbonyl (C=S) groups is 1. The number of carbonyl (C=O) groups excluding carboxylic acids is 1. The molecule has 0 aromatic rings. The van der Waals surface area contributed by atoms with Crippen LogP contribution >= 0.6 is 12.2 Å². The number of hydrogen-bond donors (Lipinski definition) is 2. The molecule has 0 saturated carbocycles. The van der Waals surface area contributed by atoms with Gasteiger partial charge >= 0.3 is 0 Å². The van der Waals surface area contributed by atoms with Crippen molar-refractivity contribution in [2.24, 2.45) is 0 Å². The minimum atomic E-state index is -0.754. The van der Waals surface area contributed by atoms with Gasteiger partial charge in [0.1, 0.15) is 11.2 Å². The van der Waals surface area contributed by atoms with Gasteiger partial charge in [-0.05, 0) is 38.9 Å². The molecular formula is C16H27N5OS. The molecule has 2 aliphatic heterocycles. The van der Waals surface area contributed by atoms with Crippen LogP contribution in [0, 0.1) is 11.5 Å². The van der Waals surface area contributed by atoms with Crippen LogP contribution in [0.3, 0.4) is 0 Å². The summed E-state index contributed by atoms with van der Waals surface area (Å²) >= 11 is 5.45. The number of nitrogens with zero attached hydrogens (tertiary/aromatic N) is 3. The van der Waals surface area contributed by atoms with E-state index in [4.69, 9.17) is 12.2 Å². The fourth-order valence-corrected chi connectivity index (χ4v) is 4.16. The molecule has 23 heavy (non-hydrogen) atoms. The molecule has 1 atom stereocenters. The predicted octanol–water partition coefficient (Wildman–Crippen LogP) is 1.53. The van der Waals surface area contributed by atoms with Crippen molar-refractivity contribution in [2.45, 2.75) is 64.1 Å². The Kier molecular flexibility index (Phi) is 5.48. The van der Waals surface area contributed by atoms with Crippen LogP contribution in [0.25, 0.3) is 0 Å². The summed E-state index contributed by atoms with van der Waals surface area (Å²) in [7, 11) is 0. The van der Waals surface area contributed by atoms with E-state index in [-0.39, 0.29) is 5.91 Å². The van der Waals surface area contributed by atoms with E-state index < -0.39 is 11.2 Å². The van der Waals surface area contributed by atoms with Crippen LogP contribution in [0.5, 0.6) is 0 Å². The Morgan fingerprint density at radius 3 is 2.65 bits per heavy atom. The van der Waals surface area contributed by atoms with Gasteiger partial charge in [0, 0.05) is 19.6 Å². The second-order valence-electron chi connectivity index (χ2n) is 6.88. The van der Waals surface area contributed by atoms with Gasteiger partial charge in [0.15, 0.2) is 11.3 Å². The average molecular weight is 337 g/mol. The third-order valence-electron chi connectivity index (χ3n) is 4.93. The minimum Gasteiger partial charge on any atom is -0.311 e. The average Bonchev–Trinajstić information content (AvgIpc) is 2.72. The van der Waals surface area contributed by atoms with Gasteiger partial charge in [-0.25, -0.2) is 0 Å². The number of hydrogen-bond acceptors (Lipinski definition) is 5. The zero-order chi connectivity index (χ0) is 17.1. The summed E-state index contributed by atoms with van der Waals surface area (Å²) in [6.07, 6.45) is 7.64. The maximum absolute atomic E-state index is 12.3. The topological polar surface area (TPSA) is 71.4 Å². The summed E-state index contributed by atoms with van der Waals surface area (Å²) < 4.78 is 0. The standard InChI is InChI=1S/C16H27N5OS/c1-4-5-6-7-8-16(11-18-9-10-20(16)12-17)21-14(23)19-13(22)15(21,2)3/h18H,4-11H2,1-3H3,(H,19,22,23). The summed E-state index contributed by atoms with van der Waals surface area (Å²) in [5, 5.41) is 16.3. The maximum Gasteiger partial charge on any atom is 0.251 e. The molecule has 2 fully saturated rings. The van der Waals surface area contributed by atoms with Crippen molar-refractivity contribution in [3.63, 3.8) is 0 Å². The Morgan fingerprint density at radius 2 is 2.09 bits per heavy atom. The van der Waals surface area contributed by atoms with E-state index in [0.29, 0.717) is 18.2 Å². The van der Waals surface area contributed by atoms with Gasteiger partial charge in [0.25, 0.3) is 5.91 Å². The van der Waals surface area contributed by atoms with Crippen LogP contribution < -0.4 is 10.6 Å². The quantitative estimate of drug-likeness (QED) is 0.435. The summed E-state index contributed by atoms with van der Waals surface area (Å²) in [4.78, 5) is 16.1. The van der Waals surface area contributed by atoms with E-state index in [1.54, 1.807) is 0 Å². The SMILES string of the molecule is CCCCCCC1(N2C(=S)NC(=O)C2(C)C)CNCCN1C#N.